The van der Waals surface area contributed by atoms with Crippen LogP contribution in [0.3, 0.4) is 0 Å². The zero-order chi connectivity index (χ0) is 15.4. The fourth-order valence-corrected chi connectivity index (χ4v) is 3.69. The molecule has 0 saturated heterocycles. The summed E-state index contributed by atoms with van der Waals surface area (Å²) >= 11 is 0. The Bertz CT molecular complexity index is 501. The molecule has 0 bridgehead atoms. The van der Waals surface area contributed by atoms with Crippen molar-refractivity contribution in [3.8, 4) is 6.07 Å². The highest BCUT2D eigenvalue weighted by molar-refractivity contribution is 5.34. The van der Waals surface area contributed by atoms with Crippen LogP contribution >= 0.6 is 0 Å². The Balaban J connectivity index is 2.08. The van der Waals surface area contributed by atoms with Gasteiger partial charge in [0.2, 0.25) is 0 Å². The molecule has 21 heavy (non-hydrogen) atoms. The van der Waals surface area contributed by atoms with Crippen LogP contribution in [0.2, 0.25) is 0 Å². The first-order valence-electron chi connectivity index (χ1n) is 8.27. The van der Waals surface area contributed by atoms with Crippen LogP contribution in [0.5, 0.6) is 0 Å². The molecule has 0 radical (unpaired) electrons. The molecule has 4 atom stereocenters. The Labute approximate surface area is 129 Å². The number of rotatable bonds is 4. The predicted molar refractivity (Wildman–Crippen MR) is 87.8 cm³/mol. The molecule has 1 saturated carbocycles. The maximum absolute atomic E-state index is 9.04. The number of nitrogens with zero attached hydrogens (tertiary/aromatic N) is 1. The van der Waals surface area contributed by atoms with E-state index >= 15 is 0 Å². The lowest BCUT2D eigenvalue weighted by atomic mass is 9.73. The van der Waals surface area contributed by atoms with Gasteiger partial charge in [-0.1, -0.05) is 39.3 Å². The maximum atomic E-state index is 9.04. The van der Waals surface area contributed by atoms with E-state index in [1.54, 1.807) is 0 Å². The zero-order valence-electron chi connectivity index (χ0n) is 13.8. The minimum atomic E-state index is 0.301. The molecule has 1 fully saturated rings. The monoisotopic (exact) mass is 284 g/mol. The molecule has 0 spiro atoms. The Hall–Kier alpha value is -1.33. The smallest absolute Gasteiger partial charge is 0.0991 e. The molecule has 0 amide bonds. The summed E-state index contributed by atoms with van der Waals surface area (Å²) < 4.78 is 0. The normalized spacial score (nSPS) is 27.3. The van der Waals surface area contributed by atoms with E-state index in [-0.39, 0.29) is 0 Å². The third-order valence-electron chi connectivity index (χ3n) is 5.00. The lowest BCUT2D eigenvalue weighted by Gasteiger charge is -2.39. The predicted octanol–water partition coefficient (Wildman–Crippen LogP) is 4.67. The molecule has 0 aliphatic heterocycles. The summed E-state index contributed by atoms with van der Waals surface area (Å²) in [4.78, 5) is 0. The van der Waals surface area contributed by atoms with Gasteiger partial charge in [0, 0.05) is 12.1 Å². The number of benzene rings is 1. The Morgan fingerprint density at radius 2 is 2.00 bits per heavy atom. The second kappa shape index (κ2) is 7.09. The van der Waals surface area contributed by atoms with Crippen molar-refractivity contribution in [1.82, 2.24) is 5.32 Å². The first-order valence-corrected chi connectivity index (χ1v) is 8.27. The van der Waals surface area contributed by atoms with Crippen molar-refractivity contribution >= 4 is 0 Å². The van der Waals surface area contributed by atoms with Crippen LogP contribution < -0.4 is 5.32 Å². The van der Waals surface area contributed by atoms with Crippen molar-refractivity contribution < 1.29 is 0 Å². The molecule has 2 nitrogen and oxygen atoms in total. The van der Waals surface area contributed by atoms with Crippen molar-refractivity contribution in [2.75, 3.05) is 0 Å². The van der Waals surface area contributed by atoms with E-state index < -0.39 is 0 Å². The fraction of sp³-hybridized carbons (Fsp3) is 0.632. The number of hydrogen-bond acceptors (Lipinski definition) is 2. The summed E-state index contributed by atoms with van der Waals surface area (Å²) in [5.41, 5.74) is 1.97. The summed E-state index contributed by atoms with van der Waals surface area (Å²) in [7, 11) is 0. The SMILES string of the molecule is CC1CCC(C(C)C)C(NC(C)c2cccc(C#N)c2)C1. The van der Waals surface area contributed by atoms with Crippen LogP contribution in [-0.4, -0.2) is 6.04 Å². The highest BCUT2D eigenvalue weighted by atomic mass is 15.0. The minimum absolute atomic E-state index is 0.301. The van der Waals surface area contributed by atoms with Crippen molar-refractivity contribution in [3.63, 3.8) is 0 Å². The molecule has 1 N–H and O–H groups in total. The van der Waals surface area contributed by atoms with Gasteiger partial charge >= 0.3 is 0 Å². The summed E-state index contributed by atoms with van der Waals surface area (Å²) in [6.45, 7) is 9.27. The van der Waals surface area contributed by atoms with Gasteiger partial charge in [-0.3, -0.25) is 0 Å². The lowest BCUT2D eigenvalue weighted by molar-refractivity contribution is 0.161. The second-order valence-electron chi connectivity index (χ2n) is 7.06. The van der Waals surface area contributed by atoms with Crippen molar-refractivity contribution in [2.45, 2.75) is 59.0 Å². The van der Waals surface area contributed by atoms with E-state index in [4.69, 9.17) is 5.26 Å². The molecule has 1 aliphatic rings. The van der Waals surface area contributed by atoms with Gasteiger partial charge in [-0.2, -0.15) is 5.26 Å². The summed E-state index contributed by atoms with van der Waals surface area (Å²) in [5.74, 6) is 2.31. The van der Waals surface area contributed by atoms with Crippen LogP contribution in [0.25, 0.3) is 0 Å². The molecule has 114 valence electrons. The summed E-state index contributed by atoms with van der Waals surface area (Å²) in [6.07, 6.45) is 3.96. The van der Waals surface area contributed by atoms with Gasteiger partial charge in [-0.25, -0.2) is 0 Å². The van der Waals surface area contributed by atoms with E-state index in [9.17, 15) is 0 Å². The van der Waals surface area contributed by atoms with Crippen molar-refractivity contribution in [2.24, 2.45) is 17.8 Å². The largest absolute Gasteiger partial charge is 0.307 e. The van der Waals surface area contributed by atoms with Crippen LogP contribution in [-0.2, 0) is 0 Å². The van der Waals surface area contributed by atoms with Crippen LogP contribution in [0.15, 0.2) is 24.3 Å². The molecule has 1 aliphatic carbocycles. The Morgan fingerprint density at radius 1 is 1.24 bits per heavy atom. The topological polar surface area (TPSA) is 35.8 Å². The van der Waals surface area contributed by atoms with E-state index in [0.29, 0.717) is 12.1 Å². The maximum Gasteiger partial charge on any atom is 0.0991 e. The highest BCUT2D eigenvalue weighted by Gasteiger charge is 2.31. The molecule has 2 rings (SSSR count). The zero-order valence-corrected chi connectivity index (χ0v) is 13.8. The Kier molecular flexibility index (Phi) is 5.42. The lowest BCUT2D eigenvalue weighted by Crippen LogP contribution is -2.43. The standard InChI is InChI=1S/C19H28N2/c1-13(2)18-9-8-14(3)10-19(18)21-15(4)17-7-5-6-16(11-17)12-20/h5-7,11,13-15,18-19,21H,8-10H2,1-4H3. The van der Waals surface area contributed by atoms with Crippen LogP contribution in [0.4, 0.5) is 0 Å². The van der Waals surface area contributed by atoms with Crippen LogP contribution in [0, 0.1) is 29.1 Å². The highest BCUT2D eigenvalue weighted by Crippen LogP contribution is 2.34. The fourth-order valence-electron chi connectivity index (χ4n) is 3.69. The van der Waals surface area contributed by atoms with Crippen LogP contribution in [0.1, 0.15) is 64.1 Å². The van der Waals surface area contributed by atoms with Gasteiger partial charge < -0.3 is 5.32 Å². The number of nitrogens with one attached hydrogen (secondary N) is 1. The number of hydrogen-bond donors (Lipinski definition) is 1. The van der Waals surface area contributed by atoms with Crippen molar-refractivity contribution in [1.29, 1.82) is 5.26 Å². The molecule has 1 aromatic carbocycles. The Morgan fingerprint density at radius 3 is 2.67 bits per heavy atom. The molecule has 2 heteroatoms. The van der Waals surface area contributed by atoms with E-state index in [2.05, 4.69) is 45.1 Å². The second-order valence-corrected chi connectivity index (χ2v) is 7.06. The molecule has 0 heterocycles. The first kappa shape index (κ1) is 16.0. The molecule has 1 aromatic rings. The minimum Gasteiger partial charge on any atom is -0.307 e. The van der Waals surface area contributed by atoms with E-state index in [0.717, 1.165) is 23.3 Å². The quantitative estimate of drug-likeness (QED) is 0.872. The molecule has 4 unspecified atom stereocenters. The van der Waals surface area contributed by atoms with Gasteiger partial charge in [-0.15, -0.1) is 0 Å². The first-order chi connectivity index (χ1) is 10.0. The van der Waals surface area contributed by atoms with E-state index in [1.807, 2.05) is 18.2 Å². The average Bonchev–Trinajstić information content (AvgIpc) is 2.47. The molecule has 0 aromatic heterocycles. The molecular weight excluding hydrogens is 256 g/mol. The third-order valence-corrected chi connectivity index (χ3v) is 5.00. The van der Waals surface area contributed by atoms with Gasteiger partial charge in [0.15, 0.2) is 0 Å². The summed E-state index contributed by atoms with van der Waals surface area (Å²) in [5, 5.41) is 12.9. The van der Waals surface area contributed by atoms with E-state index in [1.165, 1.54) is 24.8 Å². The average molecular weight is 284 g/mol. The summed E-state index contributed by atoms with van der Waals surface area (Å²) in [6, 6.07) is 11.1. The molecular formula is C19H28N2. The van der Waals surface area contributed by atoms with Gasteiger partial charge in [0.25, 0.3) is 0 Å². The van der Waals surface area contributed by atoms with Gasteiger partial charge in [-0.05, 0) is 55.2 Å². The van der Waals surface area contributed by atoms with Gasteiger partial charge in [0.1, 0.15) is 0 Å². The third kappa shape index (κ3) is 4.08. The van der Waals surface area contributed by atoms with Gasteiger partial charge in [0.05, 0.1) is 11.6 Å². The number of nitriles is 1. The van der Waals surface area contributed by atoms with Crippen molar-refractivity contribution in [3.05, 3.63) is 35.4 Å².